The molecule has 0 unspecified atom stereocenters. The highest BCUT2D eigenvalue weighted by atomic mass is 15.3. The van der Waals surface area contributed by atoms with Gasteiger partial charge in [0, 0.05) is 13.1 Å². The summed E-state index contributed by atoms with van der Waals surface area (Å²) in [6.45, 7) is 4.62. The van der Waals surface area contributed by atoms with E-state index in [0.717, 1.165) is 43.3 Å². The molecule has 0 N–H and O–H groups in total. The van der Waals surface area contributed by atoms with E-state index < -0.39 is 0 Å². The minimum absolute atomic E-state index is 0.857. The molecule has 1 saturated heterocycles. The van der Waals surface area contributed by atoms with E-state index in [1.54, 1.807) is 0 Å². The zero-order valence-corrected chi connectivity index (χ0v) is 12.2. The van der Waals surface area contributed by atoms with Gasteiger partial charge < -0.3 is 4.90 Å². The van der Waals surface area contributed by atoms with Gasteiger partial charge in [-0.15, -0.1) is 5.10 Å². The number of hydrogen-bond donors (Lipinski definition) is 0. The molecule has 1 fully saturated rings. The van der Waals surface area contributed by atoms with Gasteiger partial charge in [0.1, 0.15) is 5.82 Å². The molecule has 0 atom stereocenters. The van der Waals surface area contributed by atoms with Crippen LogP contribution in [-0.2, 0) is 12.8 Å². The topological polar surface area (TPSA) is 33.4 Å². The van der Waals surface area contributed by atoms with Crippen LogP contribution in [0.15, 0.2) is 12.1 Å². The van der Waals surface area contributed by atoms with Gasteiger partial charge in [0.2, 0.25) is 0 Å². The zero-order chi connectivity index (χ0) is 13.5. The van der Waals surface area contributed by atoms with Crippen molar-refractivity contribution in [3.63, 3.8) is 0 Å². The Hall–Kier alpha value is -1.58. The van der Waals surface area contributed by atoms with Gasteiger partial charge in [-0.25, -0.2) is 9.50 Å². The fraction of sp³-hybridized carbons (Fsp3) is 0.625. The molecule has 0 bridgehead atoms. The quantitative estimate of drug-likeness (QED) is 0.799. The van der Waals surface area contributed by atoms with Gasteiger partial charge in [-0.05, 0) is 56.6 Å². The van der Waals surface area contributed by atoms with E-state index in [1.807, 2.05) is 0 Å². The predicted molar refractivity (Wildman–Crippen MR) is 80.2 cm³/mol. The van der Waals surface area contributed by atoms with Gasteiger partial charge in [-0.2, -0.15) is 0 Å². The number of aryl methyl sites for hydroxylation is 2. The summed E-state index contributed by atoms with van der Waals surface area (Å²) in [5.41, 5.74) is 3.64. The molecule has 2 aromatic heterocycles. The largest absolute Gasteiger partial charge is 0.355 e. The van der Waals surface area contributed by atoms with Crippen molar-refractivity contribution in [3.05, 3.63) is 23.5 Å². The third-order valence-electron chi connectivity index (χ3n) is 4.82. The molecular formula is C16H22N4. The van der Waals surface area contributed by atoms with Gasteiger partial charge in [0.15, 0.2) is 5.65 Å². The summed E-state index contributed by atoms with van der Waals surface area (Å²) in [7, 11) is 0. The third-order valence-corrected chi connectivity index (χ3v) is 4.82. The standard InChI is InChI=1S/C16H22N4/c1-12-8-10-19(11-9-12)16-7-6-15-17-13-4-2-3-5-14(13)20(15)18-16/h6-7,12H,2-5,8-11H2,1H3. The molecule has 0 aromatic carbocycles. The van der Waals surface area contributed by atoms with E-state index in [2.05, 4.69) is 28.5 Å². The fourth-order valence-electron chi connectivity index (χ4n) is 3.46. The SMILES string of the molecule is CC1CCN(c2ccc3nc4c(n3n2)CCCC4)CC1. The average molecular weight is 270 g/mol. The van der Waals surface area contributed by atoms with Crippen molar-refractivity contribution in [2.45, 2.75) is 45.4 Å². The van der Waals surface area contributed by atoms with Crippen molar-refractivity contribution in [2.24, 2.45) is 5.92 Å². The monoisotopic (exact) mass is 270 g/mol. The molecule has 3 heterocycles. The van der Waals surface area contributed by atoms with E-state index in [0.29, 0.717) is 0 Å². The molecule has 1 aliphatic carbocycles. The highest BCUT2D eigenvalue weighted by molar-refractivity contribution is 5.49. The van der Waals surface area contributed by atoms with Crippen LogP contribution in [0.5, 0.6) is 0 Å². The molecule has 0 spiro atoms. The first-order valence-corrected chi connectivity index (χ1v) is 7.94. The minimum atomic E-state index is 0.857. The Labute approximate surface area is 119 Å². The van der Waals surface area contributed by atoms with Gasteiger partial charge in [0.05, 0.1) is 11.4 Å². The average Bonchev–Trinajstić information content (AvgIpc) is 2.86. The van der Waals surface area contributed by atoms with E-state index >= 15 is 0 Å². The molecule has 0 saturated carbocycles. The van der Waals surface area contributed by atoms with Crippen molar-refractivity contribution in [3.8, 4) is 0 Å². The molecule has 4 heteroatoms. The number of aromatic nitrogens is 3. The lowest BCUT2D eigenvalue weighted by molar-refractivity contribution is 0.435. The van der Waals surface area contributed by atoms with Crippen molar-refractivity contribution >= 4 is 11.5 Å². The fourth-order valence-corrected chi connectivity index (χ4v) is 3.46. The van der Waals surface area contributed by atoms with Crippen LogP contribution in [0.2, 0.25) is 0 Å². The van der Waals surface area contributed by atoms with Crippen LogP contribution in [0, 0.1) is 5.92 Å². The second-order valence-corrected chi connectivity index (χ2v) is 6.34. The molecule has 4 rings (SSSR count). The van der Waals surface area contributed by atoms with Gasteiger partial charge in [-0.3, -0.25) is 0 Å². The maximum Gasteiger partial charge on any atom is 0.154 e. The minimum Gasteiger partial charge on any atom is -0.355 e. The van der Waals surface area contributed by atoms with Crippen LogP contribution in [0.3, 0.4) is 0 Å². The summed E-state index contributed by atoms with van der Waals surface area (Å²) < 4.78 is 2.10. The van der Waals surface area contributed by atoms with Crippen LogP contribution in [0.1, 0.15) is 44.0 Å². The van der Waals surface area contributed by atoms with Gasteiger partial charge in [0.25, 0.3) is 0 Å². The number of piperidine rings is 1. The van der Waals surface area contributed by atoms with Crippen LogP contribution in [-0.4, -0.2) is 27.7 Å². The van der Waals surface area contributed by atoms with Crippen LogP contribution in [0.4, 0.5) is 5.82 Å². The Morgan fingerprint density at radius 2 is 1.90 bits per heavy atom. The second-order valence-electron chi connectivity index (χ2n) is 6.34. The Kier molecular flexibility index (Phi) is 2.90. The molecule has 20 heavy (non-hydrogen) atoms. The Morgan fingerprint density at radius 3 is 2.75 bits per heavy atom. The van der Waals surface area contributed by atoms with E-state index in [1.165, 1.54) is 37.1 Å². The number of fused-ring (bicyclic) bond motifs is 3. The molecular weight excluding hydrogens is 248 g/mol. The maximum absolute atomic E-state index is 4.88. The second kappa shape index (κ2) is 4.76. The van der Waals surface area contributed by atoms with Crippen LogP contribution < -0.4 is 4.90 Å². The zero-order valence-electron chi connectivity index (χ0n) is 12.2. The Morgan fingerprint density at radius 1 is 1.10 bits per heavy atom. The van der Waals surface area contributed by atoms with Crippen molar-refractivity contribution < 1.29 is 0 Å². The van der Waals surface area contributed by atoms with Crippen molar-refractivity contribution in [1.29, 1.82) is 0 Å². The third kappa shape index (κ3) is 1.98. The number of hydrogen-bond acceptors (Lipinski definition) is 3. The van der Waals surface area contributed by atoms with Crippen LogP contribution in [0.25, 0.3) is 5.65 Å². The molecule has 4 nitrogen and oxygen atoms in total. The predicted octanol–water partition coefficient (Wildman–Crippen LogP) is 2.84. The first-order chi connectivity index (χ1) is 9.81. The molecule has 1 aliphatic heterocycles. The Balaban J connectivity index is 1.71. The number of rotatable bonds is 1. The number of nitrogens with zero attached hydrogens (tertiary/aromatic N) is 4. The number of imidazole rings is 1. The van der Waals surface area contributed by atoms with Crippen molar-refractivity contribution in [2.75, 3.05) is 18.0 Å². The normalized spacial score (nSPS) is 20.4. The molecule has 2 aromatic rings. The summed E-state index contributed by atoms with van der Waals surface area (Å²) in [4.78, 5) is 7.16. The summed E-state index contributed by atoms with van der Waals surface area (Å²) in [6, 6.07) is 4.28. The Bertz CT molecular complexity index is 623. The lowest BCUT2D eigenvalue weighted by atomic mass is 9.99. The first-order valence-electron chi connectivity index (χ1n) is 7.94. The van der Waals surface area contributed by atoms with Gasteiger partial charge >= 0.3 is 0 Å². The summed E-state index contributed by atoms with van der Waals surface area (Å²) in [6.07, 6.45) is 7.35. The molecule has 0 radical (unpaired) electrons. The number of anilines is 1. The highest BCUT2D eigenvalue weighted by Gasteiger charge is 2.20. The summed E-state index contributed by atoms with van der Waals surface area (Å²) in [5, 5.41) is 4.88. The lowest BCUT2D eigenvalue weighted by Gasteiger charge is -2.31. The molecule has 0 amide bonds. The highest BCUT2D eigenvalue weighted by Crippen LogP contribution is 2.25. The maximum atomic E-state index is 4.88. The molecule has 2 aliphatic rings. The summed E-state index contributed by atoms with van der Waals surface area (Å²) >= 11 is 0. The lowest BCUT2D eigenvalue weighted by Crippen LogP contribution is -2.33. The molecule has 106 valence electrons. The van der Waals surface area contributed by atoms with E-state index in [4.69, 9.17) is 10.1 Å². The first kappa shape index (κ1) is 12.2. The van der Waals surface area contributed by atoms with Crippen LogP contribution >= 0.6 is 0 Å². The van der Waals surface area contributed by atoms with Crippen molar-refractivity contribution in [1.82, 2.24) is 14.6 Å². The van der Waals surface area contributed by atoms with E-state index in [-0.39, 0.29) is 0 Å². The smallest absolute Gasteiger partial charge is 0.154 e. The summed E-state index contributed by atoms with van der Waals surface area (Å²) in [5.74, 6) is 1.98. The van der Waals surface area contributed by atoms with E-state index in [9.17, 15) is 0 Å². The van der Waals surface area contributed by atoms with Gasteiger partial charge in [-0.1, -0.05) is 6.92 Å².